The smallest absolute Gasteiger partial charge is 0.290 e. The molecule has 1 heterocycles. The van der Waals surface area contributed by atoms with Gasteiger partial charge in [-0.3, -0.25) is 14.9 Å². The van der Waals surface area contributed by atoms with Gasteiger partial charge in [0.05, 0.1) is 9.95 Å². The lowest BCUT2D eigenvalue weighted by Crippen LogP contribution is -2.43. The van der Waals surface area contributed by atoms with Crippen molar-refractivity contribution in [3.63, 3.8) is 0 Å². The maximum Gasteiger partial charge on any atom is 0.290 e. The van der Waals surface area contributed by atoms with Crippen LogP contribution in [0.4, 0.5) is 5.69 Å². The zero-order valence-electron chi connectivity index (χ0n) is 11.6. The first-order chi connectivity index (χ1) is 9.95. The van der Waals surface area contributed by atoms with Crippen LogP contribution in [0.15, 0.2) is 12.1 Å². The summed E-state index contributed by atoms with van der Waals surface area (Å²) in [5, 5.41) is 10.9. The molecule has 21 heavy (non-hydrogen) atoms. The molecule has 0 radical (unpaired) electrons. The molecule has 7 heteroatoms. The van der Waals surface area contributed by atoms with Crippen LogP contribution in [0, 0.1) is 10.1 Å². The van der Waals surface area contributed by atoms with Crippen LogP contribution in [0.2, 0.25) is 10.0 Å². The number of nitrogens with zero attached hydrogens (tertiary/aromatic N) is 2. The van der Waals surface area contributed by atoms with Crippen LogP contribution in [0.25, 0.3) is 0 Å². The average Bonchev–Trinajstić information content (AvgIpc) is 2.48. The summed E-state index contributed by atoms with van der Waals surface area (Å²) in [6.07, 6.45) is 3.89. The van der Waals surface area contributed by atoms with Crippen LogP contribution in [-0.2, 0) is 0 Å². The third-order valence-electron chi connectivity index (χ3n) is 3.81. The van der Waals surface area contributed by atoms with Crippen LogP contribution in [0.3, 0.4) is 0 Å². The van der Waals surface area contributed by atoms with Crippen LogP contribution in [-0.4, -0.2) is 28.3 Å². The summed E-state index contributed by atoms with van der Waals surface area (Å²) in [5.41, 5.74) is -0.117. The second-order valence-corrected chi connectivity index (χ2v) is 5.89. The van der Waals surface area contributed by atoms with Gasteiger partial charge in [0, 0.05) is 24.2 Å². The number of carbonyl (C=O) groups is 1. The molecule has 1 aromatic carbocycles. The van der Waals surface area contributed by atoms with E-state index in [0.717, 1.165) is 25.7 Å². The second kappa shape index (κ2) is 6.62. The summed E-state index contributed by atoms with van der Waals surface area (Å²) in [6, 6.07) is 2.79. The van der Waals surface area contributed by atoms with Crippen molar-refractivity contribution in [2.45, 2.75) is 38.6 Å². The first kappa shape index (κ1) is 16.0. The zero-order valence-corrected chi connectivity index (χ0v) is 13.2. The zero-order chi connectivity index (χ0) is 15.6. The molecule has 1 aromatic rings. The minimum atomic E-state index is -0.626. The van der Waals surface area contributed by atoms with E-state index in [0.29, 0.717) is 6.54 Å². The van der Waals surface area contributed by atoms with E-state index in [9.17, 15) is 14.9 Å². The third-order valence-corrected chi connectivity index (χ3v) is 4.60. The van der Waals surface area contributed by atoms with Gasteiger partial charge in [0.15, 0.2) is 0 Å². The van der Waals surface area contributed by atoms with Crippen molar-refractivity contribution in [3.05, 3.63) is 37.9 Å². The van der Waals surface area contributed by atoms with Crippen LogP contribution in [0.1, 0.15) is 43.0 Å². The topological polar surface area (TPSA) is 63.5 Å². The third kappa shape index (κ3) is 3.30. The Balaban J connectivity index is 2.36. The molecule has 5 nitrogen and oxygen atoms in total. The molecule has 0 saturated carbocycles. The highest BCUT2D eigenvalue weighted by molar-refractivity contribution is 6.43. The van der Waals surface area contributed by atoms with E-state index < -0.39 is 4.92 Å². The van der Waals surface area contributed by atoms with Gasteiger partial charge >= 0.3 is 0 Å². The summed E-state index contributed by atoms with van der Waals surface area (Å²) < 4.78 is 0. The fraction of sp³-hybridized carbons (Fsp3) is 0.500. The van der Waals surface area contributed by atoms with Crippen molar-refractivity contribution in [2.75, 3.05) is 6.54 Å². The van der Waals surface area contributed by atoms with Crippen molar-refractivity contribution in [3.8, 4) is 0 Å². The predicted octanol–water partition coefficient (Wildman–Crippen LogP) is 4.31. The molecular formula is C14H16Cl2N2O3. The van der Waals surface area contributed by atoms with E-state index >= 15 is 0 Å². The largest absolute Gasteiger partial charge is 0.336 e. The van der Waals surface area contributed by atoms with Crippen molar-refractivity contribution >= 4 is 34.8 Å². The predicted molar refractivity (Wildman–Crippen MR) is 82.1 cm³/mol. The van der Waals surface area contributed by atoms with Gasteiger partial charge in [-0.1, -0.05) is 30.1 Å². The highest BCUT2D eigenvalue weighted by Gasteiger charge is 2.28. The van der Waals surface area contributed by atoms with Crippen molar-refractivity contribution < 1.29 is 9.72 Å². The van der Waals surface area contributed by atoms with E-state index in [1.165, 1.54) is 12.1 Å². The minimum Gasteiger partial charge on any atom is -0.336 e. The van der Waals surface area contributed by atoms with Gasteiger partial charge in [-0.05, 0) is 31.7 Å². The Bertz CT molecular complexity index is 578. The average molecular weight is 331 g/mol. The highest BCUT2D eigenvalue weighted by atomic mass is 35.5. The number of benzene rings is 1. The summed E-state index contributed by atoms with van der Waals surface area (Å²) >= 11 is 11.7. The summed E-state index contributed by atoms with van der Waals surface area (Å²) in [4.78, 5) is 24.8. The Morgan fingerprint density at radius 1 is 1.43 bits per heavy atom. The van der Waals surface area contributed by atoms with Gasteiger partial charge in [-0.15, -0.1) is 0 Å². The molecule has 1 atom stereocenters. The standard InChI is InChI=1S/C14H16Cl2N2O3/c1-2-10-5-3-4-6-17(10)14(19)9-7-11(15)13(16)12(8-9)18(20)21/h7-8,10H,2-6H2,1H3. The first-order valence-corrected chi connectivity index (χ1v) is 7.65. The fourth-order valence-electron chi connectivity index (χ4n) is 2.69. The number of hydrogen-bond acceptors (Lipinski definition) is 3. The molecule has 0 N–H and O–H groups in total. The Kier molecular flexibility index (Phi) is 5.06. The molecule has 1 fully saturated rings. The maximum atomic E-state index is 12.6. The molecular weight excluding hydrogens is 315 g/mol. The molecule has 1 unspecified atom stereocenters. The molecule has 114 valence electrons. The Hall–Kier alpha value is -1.33. The molecule has 1 amide bonds. The SMILES string of the molecule is CCC1CCCCN1C(=O)c1cc(Cl)c(Cl)c([N+](=O)[O-])c1. The van der Waals surface area contributed by atoms with Gasteiger partial charge in [0.1, 0.15) is 5.02 Å². The summed E-state index contributed by atoms with van der Waals surface area (Å²) in [6.45, 7) is 2.71. The molecule has 1 saturated heterocycles. The van der Waals surface area contributed by atoms with Gasteiger partial charge in [0.25, 0.3) is 11.6 Å². The number of amides is 1. The number of nitro benzene ring substituents is 1. The quantitative estimate of drug-likeness (QED) is 0.612. The number of carbonyl (C=O) groups excluding carboxylic acids is 1. The lowest BCUT2D eigenvalue weighted by Gasteiger charge is -2.35. The number of piperidine rings is 1. The van der Waals surface area contributed by atoms with Gasteiger partial charge in [-0.2, -0.15) is 0 Å². The Morgan fingerprint density at radius 2 is 2.14 bits per heavy atom. The van der Waals surface area contributed by atoms with Gasteiger partial charge < -0.3 is 4.90 Å². The van der Waals surface area contributed by atoms with Crippen LogP contribution >= 0.6 is 23.2 Å². The van der Waals surface area contributed by atoms with Crippen molar-refractivity contribution in [1.29, 1.82) is 0 Å². The van der Waals surface area contributed by atoms with Crippen LogP contribution in [0.5, 0.6) is 0 Å². The maximum absolute atomic E-state index is 12.6. The van der Waals surface area contributed by atoms with E-state index in [2.05, 4.69) is 0 Å². The first-order valence-electron chi connectivity index (χ1n) is 6.90. The van der Waals surface area contributed by atoms with E-state index in [-0.39, 0.29) is 33.2 Å². The van der Waals surface area contributed by atoms with Gasteiger partial charge in [-0.25, -0.2) is 0 Å². The van der Waals surface area contributed by atoms with Crippen LogP contribution < -0.4 is 0 Å². The van der Waals surface area contributed by atoms with E-state index in [1.54, 1.807) is 4.90 Å². The molecule has 0 bridgehead atoms. The number of nitro groups is 1. The Labute approximate surface area is 133 Å². The summed E-state index contributed by atoms with van der Waals surface area (Å²) in [5.74, 6) is -0.219. The van der Waals surface area contributed by atoms with Crippen molar-refractivity contribution in [2.24, 2.45) is 0 Å². The normalized spacial score (nSPS) is 18.6. The molecule has 1 aliphatic rings. The number of hydrogen-bond donors (Lipinski definition) is 0. The molecule has 0 aliphatic carbocycles. The molecule has 0 spiro atoms. The Morgan fingerprint density at radius 3 is 2.76 bits per heavy atom. The molecule has 1 aliphatic heterocycles. The lowest BCUT2D eigenvalue weighted by molar-refractivity contribution is -0.384. The highest BCUT2D eigenvalue weighted by Crippen LogP contribution is 2.34. The fourth-order valence-corrected chi connectivity index (χ4v) is 3.08. The minimum absolute atomic E-state index is 0.0271. The molecule has 2 rings (SSSR count). The van der Waals surface area contributed by atoms with E-state index in [4.69, 9.17) is 23.2 Å². The van der Waals surface area contributed by atoms with E-state index in [1.807, 2.05) is 6.92 Å². The second-order valence-electron chi connectivity index (χ2n) is 5.10. The lowest BCUT2D eigenvalue weighted by atomic mass is 9.99. The number of halogens is 2. The number of rotatable bonds is 3. The monoisotopic (exact) mass is 330 g/mol. The van der Waals surface area contributed by atoms with Gasteiger partial charge in [0.2, 0.25) is 0 Å². The number of likely N-dealkylation sites (tertiary alicyclic amines) is 1. The summed E-state index contributed by atoms with van der Waals surface area (Å²) in [7, 11) is 0. The van der Waals surface area contributed by atoms with Crippen molar-refractivity contribution in [1.82, 2.24) is 4.90 Å². The molecule has 0 aromatic heterocycles.